The van der Waals surface area contributed by atoms with Crippen molar-refractivity contribution in [2.75, 3.05) is 131 Å². The summed E-state index contributed by atoms with van der Waals surface area (Å²) in [6.07, 6.45) is 0. The third-order valence-electron chi connectivity index (χ3n) is 10.9. The van der Waals surface area contributed by atoms with Crippen LogP contribution in [-0.2, 0) is 26.2 Å². The lowest BCUT2D eigenvalue weighted by atomic mass is 10.1. The molecule has 0 aromatic heterocycles. The molecule has 8 aliphatic rings. The fourth-order valence-corrected chi connectivity index (χ4v) is 7.94. The molecule has 8 aliphatic heterocycles. The van der Waals surface area contributed by atoms with E-state index in [1.807, 2.05) is 0 Å². The second kappa shape index (κ2) is 15.1. The van der Waals surface area contributed by atoms with Crippen molar-refractivity contribution in [3.8, 4) is 0 Å². The molecule has 8 nitrogen and oxygen atoms in total. The van der Waals surface area contributed by atoms with E-state index in [0.29, 0.717) is 0 Å². The highest BCUT2D eigenvalue weighted by Crippen LogP contribution is 2.16. The Hall–Kier alpha value is -1.88. The largest absolute Gasteiger partial charge is 0.300 e. The highest BCUT2D eigenvalue weighted by atomic mass is 15.3. The molecular formula is C36H56N8. The van der Waals surface area contributed by atoms with Crippen LogP contribution >= 0.6 is 0 Å². The molecule has 4 fully saturated rings. The molecule has 240 valence electrons. The normalized spacial score (nSPS) is 35.8. The predicted octanol–water partition coefficient (Wildman–Crippen LogP) is 1.87. The summed E-state index contributed by atoms with van der Waals surface area (Å²) in [5.41, 5.74) is 5.93. The average molecular weight is 601 g/mol. The van der Waals surface area contributed by atoms with Crippen molar-refractivity contribution in [3.05, 3.63) is 70.8 Å². The Labute approximate surface area is 266 Å². The molecule has 10 rings (SSSR count). The Morgan fingerprint density at radius 2 is 0.432 bits per heavy atom. The van der Waals surface area contributed by atoms with Gasteiger partial charge in [0.2, 0.25) is 0 Å². The van der Waals surface area contributed by atoms with Crippen molar-refractivity contribution in [3.63, 3.8) is 0 Å². The number of nitrogens with zero attached hydrogens (tertiary/aromatic N) is 8. The topological polar surface area (TPSA) is 25.9 Å². The Morgan fingerprint density at radius 1 is 0.250 bits per heavy atom. The van der Waals surface area contributed by atoms with Gasteiger partial charge in [0.15, 0.2) is 0 Å². The average Bonchev–Trinajstić information content (AvgIpc) is 3.28. The summed E-state index contributed by atoms with van der Waals surface area (Å²) in [6.45, 7) is 27.7. The van der Waals surface area contributed by atoms with Gasteiger partial charge in [-0.1, -0.05) is 48.5 Å². The van der Waals surface area contributed by atoms with Crippen molar-refractivity contribution >= 4 is 0 Å². The van der Waals surface area contributed by atoms with Gasteiger partial charge in [-0.15, -0.1) is 0 Å². The maximum atomic E-state index is 2.74. The lowest BCUT2D eigenvalue weighted by molar-refractivity contribution is 0.166. The first-order chi connectivity index (χ1) is 21.7. The minimum Gasteiger partial charge on any atom is -0.300 e. The molecular weight excluding hydrogens is 544 g/mol. The zero-order valence-electron chi connectivity index (χ0n) is 27.2. The molecule has 2 aromatic rings. The van der Waals surface area contributed by atoms with E-state index in [4.69, 9.17) is 0 Å². The van der Waals surface area contributed by atoms with Crippen molar-refractivity contribution in [2.24, 2.45) is 0 Å². The Kier molecular flexibility index (Phi) is 10.6. The van der Waals surface area contributed by atoms with Crippen LogP contribution in [0.5, 0.6) is 0 Å². The summed E-state index contributed by atoms with van der Waals surface area (Å²) in [6, 6.07) is 19.1. The molecule has 0 radical (unpaired) electrons. The van der Waals surface area contributed by atoms with Crippen LogP contribution in [0.3, 0.4) is 0 Å². The summed E-state index contributed by atoms with van der Waals surface area (Å²) < 4.78 is 0. The van der Waals surface area contributed by atoms with Crippen molar-refractivity contribution in [1.82, 2.24) is 39.2 Å². The lowest BCUT2D eigenvalue weighted by Crippen LogP contribution is -2.42. The van der Waals surface area contributed by atoms with E-state index < -0.39 is 0 Å². The molecule has 0 unspecified atom stereocenters. The summed E-state index contributed by atoms with van der Waals surface area (Å²) in [4.78, 5) is 21.9. The molecule has 0 N–H and O–H groups in total. The van der Waals surface area contributed by atoms with Crippen molar-refractivity contribution < 1.29 is 0 Å². The van der Waals surface area contributed by atoms with Gasteiger partial charge >= 0.3 is 0 Å². The molecule has 4 saturated heterocycles. The second-order valence-corrected chi connectivity index (χ2v) is 14.1. The van der Waals surface area contributed by atoms with Gasteiger partial charge in [0.1, 0.15) is 0 Å². The lowest BCUT2D eigenvalue weighted by Gasteiger charge is -2.31. The SMILES string of the molecule is c1cc2cc(c1)CN1CCN3CCN(CC1)CCN(CC3)Cc1cccc(c1)CN1CCN3CCN(CCN(CC3)C2)CC1. The third-order valence-corrected chi connectivity index (χ3v) is 10.9. The van der Waals surface area contributed by atoms with Gasteiger partial charge in [-0.05, 0) is 22.3 Å². The molecule has 2 aromatic carbocycles. The van der Waals surface area contributed by atoms with Gasteiger partial charge in [0.05, 0.1) is 0 Å². The van der Waals surface area contributed by atoms with Crippen LogP contribution in [0.4, 0.5) is 0 Å². The standard InChI is InChI=1S/C36H56N8/c1-3-33-27-34(4-1)30-42-21-13-39-9-10-40(14-22-42)18-26-44(25-17-39)32-36-6-2-5-35(28-36)31-43-23-15-37-7-8-38(16-24-43)12-20-41(29-33)19-11-37/h1-6,27-28H,7-26,29-32H2. The van der Waals surface area contributed by atoms with E-state index in [-0.39, 0.29) is 0 Å². The minimum absolute atomic E-state index is 1.07. The zero-order chi connectivity index (χ0) is 29.6. The Balaban J connectivity index is 1.16. The van der Waals surface area contributed by atoms with E-state index in [0.717, 1.165) is 78.5 Å². The van der Waals surface area contributed by atoms with Gasteiger partial charge < -0.3 is 0 Å². The monoisotopic (exact) mass is 600 g/mol. The van der Waals surface area contributed by atoms with Gasteiger partial charge in [-0.3, -0.25) is 39.2 Å². The summed E-state index contributed by atoms with van der Waals surface area (Å²) in [7, 11) is 0. The number of fused-ring (bicyclic) bond motifs is 2. The van der Waals surface area contributed by atoms with Gasteiger partial charge in [-0.25, -0.2) is 0 Å². The highest BCUT2D eigenvalue weighted by molar-refractivity contribution is 5.24. The quantitative estimate of drug-likeness (QED) is 0.453. The second-order valence-electron chi connectivity index (χ2n) is 14.1. The fraction of sp³-hybridized carbons (Fsp3) is 0.667. The smallest absolute Gasteiger partial charge is 0.0234 e. The van der Waals surface area contributed by atoms with E-state index in [9.17, 15) is 0 Å². The maximum absolute atomic E-state index is 2.74. The molecule has 8 heteroatoms. The molecule has 0 amide bonds. The van der Waals surface area contributed by atoms with Crippen molar-refractivity contribution in [2.45, 2.75) is 26.2 Å². The number of rotatable bonds is 0. The molecule has 0 saturated carbocycles. The van der Waals surface area contributed by atoms with Crippen LogP contribution in [0.1, 0.15) is 22.3 Å². The van der Waals surface area contributed by atoms with Crippen LogP contribution in [0.15, 0.2) is 48.5 Å². The Bertz CT molecular complexity index is 984. The molecule has 8 heterocycles. The molecule has 0 atom stereocenters. The van der Waals surface area contributed by atoms with Gasteiger partial charge in [-0.2, -0.15) is 0 Å². The predicted molar refractivity (Wildman–Crippen MR) is 180 cm³/mol. The number of benzene rings is 2. The first-order valence-corrected chi connectivity index (χ1v) is 17.6. The maximum Gasteiger partial charge on any atom is 0.0234 e. The number of hydrogen-bond acceptors (Lipinski definition) is 8. The number of hydrogen-bond donors (Lipinski definition) is 0. The van der Waals surface area contributed by atoms with E-state index in [1.165, 1.54) is 101 Å². The van der Waals surface area contributed by atoms with Gasteiger partial charge in [0.25, 0.3) is 0 Å². The van der Waals surface area contributed by atoms with E-state index in [1.54, 1.807) is 0 Å². The summed E-state index contributed by atoms with van der Waals surface area (Å²) in [5, 5.41) is 0. The van der Waals surface area contributed by atoms with Crippen LogP contribution in [-0.4, -0.2) is 170 Å². The van der Waals surface area contributed by atoms with E-state index >= 15 is 0 Å². The van der Waals surface area contributed by atoms with Crippen LogP contribution < -0.4 is 0 Å². The van der Waals surface area contributed by atoms with Gasteiger partial charge in [0, 0.05) is 157 Å². The molecule has 0 spiro atoms. The minimum atomic E-state index is 1.07. The van der Waals surface area contributed by atoms with Crippen LogP contribution in [0, 0.1) is 0 Å². The summed E-state index contributed by atoms with van der Waals surface area (Å²) in [5.74, 6) is 0. The first-order valence-electron chi connectivity index (χ1n) is 17.6. The molecule has 44 heavy (non-hydrogen) atoms. The molecule has 0 aliphatic carbocycles. The highest BCUT2D eigenvalue weighted by Gasteiger charge is 2.23. The fourth-order valence-electron chi connectivity index (χ4n) is 7.94. The molecule has 12 bridgehead atoms. The van der Waals surface area contributed by atoms with Crippen LogP contribution in [0.2, 0.25) is 0 Å². The van der Waals surface area contributed by atoms with E-state index in [2.05, 4.69) is 87.7 Å². The zero-order valence-corrected chi connectivity index (χ0v) is 27.2. The first kappa shape index (κ1) is 30.8. The Morgan fingerprint density at radius 3 is 0.636 bits per heavy atom. The summed E-state index contributed by atoms with van der Waals surface area (Å²) >= 11 is 0. The van der Waals surface area contributed by atoms with Crippen LogP contribution in [0.25, 0.3) is 0 Å². The van der Waals surface area contributed by atoms with Crippen molar-refractivity contribution in [1.29, 1.82) is 0 Å². The third kappa shape index (κ3) is 8.68.